The van der Waals surface area contributed by atoms with Crippen LogP contribution in [0.5, 0.6) is 0 Å². The minimum absolute atomic E-state index is 0.557. The Kier molecular flexibility index (Phi) is 4.83. The number of likely N-dealkylation sites (N-methyl/N-ethyl adjacent to an activating group) is 1. The van der Waals surface area contributed by atoms with Gasteiger partial charge in [0.25, 0.3) is 0 Å². The molecule has 1 aliphatic carbocycles. The number of nitrogens with zero attached hydrogens (tertiary/aromatic N) is 2. The third-order valence-corrected chi connectivity index (χ3v) is 4.83. The highest BCUT2D eigenvalue weighted by molar-refractivity contribution is 4.87. The average Bonchev–Trinajstić information content (AvgIpc) is 2.51. The Hall–Kier alpha value is -0.120. The second-order valence-corrected chi connectivity index (χ2v) is 6.00. The highest BCUT2D eigenvalue weighted by atomic mass is 15.3. The quantitative estimate of drug-likeness (QED) is 0.795. The molecule has 3 heteroatoms. The van der Waals surface area contributed by atoms with Crippen LogP contribution < -0.4 is 5.73 Å². The molecule has 2 unspecified atom stereocenters. The van der Waals surface area contributed by atoms with Gasteiger partial charge in [-0.15, -0.1) is 0 Å². The van der Waals surface area contributed by atoms with Crippen molar-refractivity contribution in [1.82, 2.24) is 9.80 Å². The van der Waals surface area contributed by atoms with Crippen molar-refractivity contribution in [1.29, 1.82) is 0 Å². The smallest absolute Gasteiger partial charge is 0.0342 e. The Labute approximate surface area is 106 Å². The van der Waals surface area contributed by atoms with E-state index in [9.17, 15) is 0 Å². The molecule has 0 bridgehead atoms. The van der Waals surface area contributed by atoms with E-state index >= 15 is 0 Å². The van der Waals surface area contributed by atoms with Gasteiger partial charge in [-0.1, -0.05) is 19.3 Å². The van der Waals surface area contributed by atoms with Crippen molar-refractivity contribution >= 4 is 0 Å². The van der Waals surface area contributed by atoms with Crippen molar-refractivity contribution in [3.63, 3.8) is 0 Å². The van der Waals surface area contributed by atoms with Gasteiger partial charge in [0, 0.05) is 31.2 Å². The number of rotatable bonds is 2. The van der Waals surface area contributed by atoms with Crippen LogP contribution in [-0.4, -0.2) is 54.6 Å². The first kappa shape index (κ1) is 13.3. The standard InChI is InChI=1S/C14H29N3/c1-12-8-9-16(2)14(10-15)11-17(12)13-6-4-3-5-7-13/h12-14H,3-11,15H2,1-2H3. The average molecular weight is 239 g/mol. The molecule has 3 nitrogen and oxygen atoms in total. The lowest BCUT2D eigenvalue weighted by atomic mass is 9.92. The molecule has 1 saturated carbocycles. The first-order chi connectivity index (χ1) is 8.22. The van der Waals surface area contributed by atoms with Gasteiger partial charge in [-0.05, 0) is 39.8 Å². The molecule has 0 aromatic heterocycles. The van der Waals surface area contributed by atoms with E-state index in [1.54, 1.807) is 0 Å². The summed E-state index contributed by atoms with van der Waals surface area (Å²) in [6, 6.07) is 2.12. The minimum atomic E-state index is 0.557. The number of nitrogens with two attached hydrogens (primary N) is 1. The second-order valence-electron chi connectivity index (χ2n) is 6.00. The normalized spacial score (nSPS) is 34.8. The van der Waals surface area contributed by atoms with E-state index in [1.165, 1.54) is 51.6 Å². The summed E-state index contributed by atoms with van der Waals surface area (Å²) < 4.78 is 0. The van der Waals surface area contributed by atoms with Crippen LogP contribution in [0.25, 0.3) is 0 Å². The van der Waals surface area contributed by atoms with Crippen LogP contribution in [0.3, 0.4) is 0 Å². The fourth-order valence-electron chi connectivity index (χ4n) is 3.48. The summed E-state index contributed by atoms with van der Waals surface area (Å²) in [4.78, 5) is 5.22. The zero-order valence-corrected chi connectivity index (χ0v) is 11.6. The maximum absolute atomic E-state index is 5.93. The van der Waals surface area contributed by atoms with Crippen molar-refractivity contribution in [3.05, 3.63) is 0 Å². The molecule has 0 spiro atoms. The van der Waals surface area contributed by atoms with Crippen LogP contribution in [0, 0.1) is 0 Å². The van der Waals surface area contributed by atoms with Gasteiger partial charge in [-0.2, -0.15) is 0 Å². The summed E-state index contributed by atoms with van der Waals surface area (Å²) in [5.74, 6) is 0. The molecule has 1 aliphatic heterocycles. The second kappa shape index (κ2) is 6.17. The van der Waals surface area contributed by atoms with Gasteiger partial charge >= 0.3 is 0 Å². The largest absolute Gasteiger partial charge is 0.329 e. The Morgan fingerprint density at radius 3 is 2.47 bits per heavy atom. The first-order valence-corrected chi connectivity index (χ1v) is 7.38. The van der Waals surface area contributed by atoms with Gasteiger partial charge in [0.05, 0.1) is 0 Å². The summed E-state index contributed by atoms with van der Waals surface area (Å²) in [6.07, 6.45) is 8.41. The molecule has 100 valence electrons. The molecule has 2 atom stereocenters. The predicted octanol–water partition coefficient (Wildman–Crippen LogP) is 1.67. The molecule has 0 aromatic carbocycles. The van der Waals surface area contributed by atoms with Gasteiger partial charge < -0.3 is 10.6 Å². The summed E-state index contributed by atoms with van der Waals surface area (Å²) in [5.41, 5.74) is 5.93. The summed E-state index contributed by atoms with van der Waals surface area (Å²) in [5, 5.41) is 0. The van der Waals surface area contributed by atoms with Gasteiger partial charge in [-0.3, -0.25) is 4.90 Å². The highest BCUT2D eigenvalue weighted by Gasteiger charge is 2.31. The van der Waals surface area contributed by atoms with Crippen LogP contribution in [0.4, 0.5) is 0 Å². The topological polar surface area (TPSA) is 32.5 Å². The molecule has 2 rings (SSSR count). The van der Waals surface area contributed by atoms with Crippen molar-refractivity contribution in [2.45, 2.75) is 63.6 Å². The van der Waals surface area contributed by atoms with E-state index in [0.29, 0.717) is 6.04 Å². The van der Waals surface area contributed by atoms with Crippen molar-refractivity contribution in [3.8, 4) is 0 Å². The van der Waals surface area contributed by atoms with E-state index in [2.05, 4.69) is 23.8 Å². The van der Waals surface area contributed by atoms with Gasteiger partial charge in [-0.25, -0.2) is 0 Å². The fourth-order valence-corrected chi connectivity index (χ4v) is 3.48. The Balaban J connectivity index is 2.01. The summed E-state index contributed by atoms with van der Waals surface area (Å²) >= 11 is 0. The minimum Gasteiger partial charge on any atom is -0.329 e. The maximum Gasteiger partial charge on any atom is 0.0342 e. The molecular weight excluding hydrogens is 210 g/mol. The molecule has 2 N–H and O–H groups in total. The molecule has 0 amide bonds. The summed E-state index contributed by atoms with van der Waals surface area (Å²) in [6.45, 7) is 5.58. The van der Waals surface area contributed by atoms with E-state index in [1.807, 2.05) is 0 Å². The number of hydrogen-bond donors (Lipinski definition) is 1. The van der Waals surface area contributed by atoms with Crippen LogP contribution in [0.1, 0.15) is 45.4 Å². The highest BCUT2D eigenvalue weighted by Crippen LogP contribution is 2.26. The molecule has 1 saturated heterocycles. The Morgan fingerprint density at radius 1 is 1.12 bits per heavy atom. The molecule has 0 radical (unpaired) electrons. The van der Waals surface area contributed by atoms with Crippen LogP contribution in [0.15, 0.2) is 0 Å². The molecule has 2 aliphatic rings. The number of hydrogen-bond acceptors (Lipinski definition) is 3. The van der Waals surface area contributed by atoms with Crippen molar-refractivity contribution in [2.24, 2.45) is 5.73 Å². The Bertz CT molecular complexity index is 226. The lowest BCUT2D eigenvalue weighted by Crippen LogP contribution is -2.49. The predicted molar refractivity (Wildman–Crippen MR) is 73.1 cm³/mol. The Morgan fingerprint density at radius 2 is 1.82 bits per heavy atom. The fraction of sp³-hybridized carbons (Fsp3) is 1.00. The monoisotopic (exact) mass is 239 g/mol. The zero-order chi connectivity index (χ0) is 12.3. The van der Waals surface area contributed by atoms with Crippen LogP contribution in [-0.2, 0) is 0 Å². The van der Waals surface area contributed by atoms with Crippen molar-refractivity contribution < 1.29 is 0 Å². The maximum atomic E-state index is 5.93. The lowest BCUT2D eigenvalue weighted by Gasteiger charge is -2.39. The van der Waals surface area contributed by atoms with Gasteiger partial charge in [0.2, 0.25) is 0 Å². The molecule has 1 heterocycles. The first-order valence-electron chi connectivity index (χ1n) is 7.38. The van der Waals surface area contributed by atoms with E-state index in [-0.39, 0.29) is 0 Å². The van der Waals surface area contributed by atoms with E-state index < -0.39 is 0 Å². The lowest BCUT2D eigenvalue weighted by molar-refractivity contribution is 0.103. The van der Waals surface area contributed by atoms with Crippen LogP contribution in [0.2, 0.25) is 0 Å². The van der Waals surface area contributed by atoms with Gasteiger partial charge in [0.1, 0.15) is 0 Å². The molecule has 17 heavy (non-hydrogen) atoms. The molecular formula is C14H29N3. The van der Waals surface area contributed by atoms with Crippen LogP contribution >= 0.6 is 0 Å². The molecule has 2 fully saturated rings. The van der Waals surface area contributed by atoms with Gasteiger partial charge in [0.15, 0.2) is 0 Å². The van der Waals surface area contributed by atoms with Crippen molar-refractivity contribution in [2.75, 3.05) is 26.7 Å². The SMILES string of the molecule is CC1CCN(C)C(CN)CN1C1CCCCC1. The summed E-state index contributed by atoms with van der Waals surface area (Å²) in [7, 11) is 2.23. The van der Waals surface area contributed by atoms with E-state index in [0.717, 1.165) is 18.6 Å². The zero-order valence-electron chi connectivity index (χ0n) is 11.6. The van der Waals surface area contributed by atoms with E-state index in [4.69, 9.17) is 5.73 Å². The third-order valence-electron chi connectivity index (χ3n) is 4.83. The third kappa shape index (κ3) is 3.21. The molecule has 0 aromatic rings.